The molecule has 0 radical (unpaired) electrons. The lowest BCUT2D eigenvalue weighted by atomic mass is 10.1. The highest BCUT2D eigenvalue weighted by Crippen LogP contribution is 2.43. The van der Waals surface area contributed by atoms with Gasteiger partial charge in [0.25, 0.3) is 0 Å². The van der Waals surface area contributed by atoms with Crippen LogP contribution in [0, 0.1) is 11.6 Å². The van der Waals surface area contributed by atoms with Crippen LogP contribution in [0.3, 0.4) is 0 Å². The summed E-state index contributed by atoms with van der Waals surface area (Å²) in [6, 6.07) is 3.51. The smallest absolute Gasteiger partial charge is 0.353 e. The van der Waals surface area contributed by atoms with Gasteiger partial charge >= 0.3 is 6.18 Å². The van der Waals surface area contributed by atoms with Gasteiger partial charge in [0, 0.05) is 43.2 Å². The Morgan fingerprint density at radius 2 is 1.93 bits per heavy atom. The summed E-state index contributed by atoms with van der Waals surface area (Å²) >= 11 is 0. The van der Waals surface area contributed by atoms with Crippen molar-refractivity contribution in [3.8, 4) is 0 Å². The summed E-state index contributed by atoms with van der Waals surface area (Å²) in [6.07, 6.45) is -3.05. The quantitative estimate of drug-likeness (QED) is 0.461. The van der Waals surface area contributed by atoms with Crippen molar-refractivity contribution in [2.75, 3.05) is 26.2 Å². The molecule has 27 heavy (non-hydrogen) atoms. The van der Waals surface area contributed by atoms with Crippen LogP contribution in [0.1, 0.15) is 31.2 Å². The number of nitrogens with one attached hydrogen (secondary N) is 2. The van der Waals surface area contributed by atoms with E-state index in [0.717, 1.165) is 0 Å². The standard InChI is InChI=1S/C18H23F5N4/c1-2-24-17(25-11-6-7-27(9-11)10-18(21,22)23)26-15-8-12(15)16-13(19)4-3-5-14(16)20/h3-5,11-12,15H,2,6-10H2,1H3,(H2,24,25,26). The van der Waals surface area contributed by atoms with Crippen LogP contribution >= 0.6 is 0 Å². The molecular weight excluding hydrogens is 367 g/mol. The fourth-order valence-electron chi connectivity index (χ4n) is 3.55. The van der Waals surface area contributed by atoms with E-state index in [1.807, 2.05) is 6.92 Å². The predicted octanol–water partition coefficient (Wildman–Crippen LogP) is 3.01. The molecule has 1 aliphatic carbocycles. The van der Waals surface area contributed by atoms with Crippen LogP contribution in [0.2, 0.25) is 0 Å². The number of rotatable bonds is 5. The van der Waals surface area contributed by atoms with Crippen molar-refractivity contribution in [1.82, 2.24) is 15.5 Å². The lowest BCUT2D eigenvalue weighted by Gasteiger charge is -2.20. The number of guanidine groups is 1. The van der Waals surface area contributed by atoms with Gasteiger partial charge in [-0.05, 0) is 31.9 Å². The average Bonchev–Trinajstić information content (AvgIpc) is 3.15. The fraction of sp³-hybridized carbons (Fsp3) is 0.611. The van der Waals surface area contributed by atoms with Crippen molar-refractivity contribution in [1.29, 1.82) is 0 Å². The largest absolute Gasteiger partial charge is 0.401 e. The average molecular weight is 390 g/mol. The van der Waals surface area contributed by atoms with E-state index in [2.05, 4.69) is 15.6 Å². The summed E-state index contributed by atoms with van der Waals surface area (Å²) in [4.78, 5) is 5.66. The minimum absolute atomic E-state index is 0.0723. The monoisotopic (exact) mass is 390 g/mol. The summed E-state index contributed by atoms with van der Waals surface area (Å²) in [7, 11) is 0. The molecule has 2 N–H and O–H groups in total. The Kier molecular flexibility index (Phi) is 5.88. The highest BCUT2D eigenvalue weighted by molar-refractivity contribution is 5.81. The van der Waals surface area contributed by atoms with E-state index < -0.39 is 24.4 Å². The molecule has 1 saturated heterocycles. The summed E-state index contributed by atoms with van der Waals surface area (Å²) in [5, 5.41) is 6.30. The van der Waals surface area contributed by atoms with Crippen LogP contribution in [0.5, 0.6) is 0 Å². The van der Waals surface area contributed by atoms with Gasteiger partial charge in [0.05, 0.1) is 6.54 Å². The van der Waals surface area contributed by atoms with Crippen molar-refractivity contribution in [2.24, 2.45) is 4.99 Å². The van der Waals surface area contributed by atoms with Crippen LogP contribution in [0.15, 0.2) is 23.2 Å². The first-order chi connectivity index (χ1) is 12.8. The summed E-state index contributed by atoms with van der Waals surface area (Å²) in [5.41, 5.74) is 0.0723. The number of nitrogens with zero attached hydrogens (tertiary/aromatic N) is 2. The third-order valence-corrected chi connectivity index (χ3v) is 4.82. The zero-order valence-electron chi connectivity index (χ0n) is 15.0. The van der Waals surface area contributed by atoms with Gasteiger partial charge in [-0.25, -0.2) is 8.78 Å². The maximum Gasteiger partial charge on any atom is 0.401 e. The van der Waals surface area contributed by atoms with E-state index in [1.165, 1.54) is 23.1 Å². The van der Waals surface area contributed by atoms with Gasteiger partial charge in [0.2, 0.25) is 0 Å². The topological polar surface area (TPSA) is 39.7 Å². The van der Waals surface area contributed by atoms with Crippen LogP contribution in [0.25, 0.3) is 0 Å². The van der Waals surface area contributed by atoms with E-state index in [4.69, 9.17) is 0 Å². The Balaban J connectivity index is 1.55. The van der Waals surface area contributed by atoms with E-state index in [-0.39, 0.29) is 30.1 Å². The number of likely N-dealkylation sites (tertiary alicyclic amines) is 1. The van der Waals surface area contributed by atoms with Gasteiger partial charge in [-0.2, -0.15) is 13.2 Å². The Morgan fingerprint density at radius 1 is 1.22 bits per heavy atom. The molecule has 1 aromatic carbocycles. The van der Waals surface area contributed by atoms with Gasteiger partial charge in [-0.15, -0.1) is 0 Å². The number of hydrogen-bond acceptors (Lipinski definition) is 2. The molecule has 1 heterocycles. The second-order valence-corrected chi connectivity index (χ2v) is 7.03. The predicted molar refractivity (Wildman–Crippen MR) is 92.7 cm³/mol. The fourth-order valence-corrected chi connectivity index (χ4v) is 3.55. The van der Waals surface area contributed by atoms with E-state index in [9.17, 15) is 22.0 Å². The molecule has 9 heteroatoms. The minimum Gasteiger partial charge on any atom is -0.353 e. The zero-order chi connectivity index (χ0) is 19.6. The van der Waals surface area contributed by atoms with Gasteiger partial charge < -0.3 is 10.6 Å². The first-order valence-corrected chi connectivity index (χ1v) is 9.07. The molecule has 0 amide bonds. The van der Waals surface area contributed by atoms with Crippen molar-refractivity contribution in [3.05, 3.63) is 35.4 Å². The van der Waals surface area contributed by atoms with Crippen LogP contribution in [0.4, 0.5) is 22.0 Å². The molecule has 2 aliphatic rings. The molecule has 150 valence electrons. The van der Waals surface area contributed by atoms with E-state index in [1.54, 1.807) is 0 Å². The van der Waals surface area contributed by atoms with Gasteiger partial charge in [-0.3, -0.25) is 9.89 Å². The normalized spacial score (nSPS) is 26.3. The van der Waals surface area contributed by atoms with E-state index in [0.29, 0.717) is 31.9 Å². The Morgan fingerprint density at radius 3 is 2.56 bits per heavy atom. The lowest BCUT2D eigenvalue weighted by molar-refractivity contribution is -0.143. The zero-order valence-corrected chi connectivity index (χ0v) is 15.0. The number of alkyl halides is 3. The first kappa shape index (κ1) is 19.9. The maximum atomic E-state index is 13.9. The number of hydrogen-bond donors (Lipinski definition) is 2. The molecule has 1 aromatic rings. The molecule has 0 spiro atoms. The highest BCUT2D eigenvalue weighted by Gasteiger charge is 2.42. The van der Waals surface area contributed by atoms with Crippen LogP contribution in [-0.4, -0.2) is 55.3 Å². The van der Waals surface area contributed by atoms with Crippen LogP contribution in [-0.2, 0) is 0 Å². The molecule has 1 aliphatic heterocycles. The SMILES string of the molecule is CCN=C(NC1CCN(CC(F)(F)F)C1)NC1CC1c1c(F)cccc1F. The Labute approximate surface area is 154 Å². The molecule has 3 unspecified atom stereocenters. The number of halogens is 5. The first-order valence-electron chi connectivity index (χ1n) is 9.07. The molecule has 0 bridgehead atoms. The minimum atomic E-state index is -4.21. The van der Waals surface area contributed by atoms with Crippen molar-refractivity contribution in [2.45, 2.75) is 43.9 Å². The van der Waals surface area contributed by atoms with E-state index >= 15 is 0 Å². The molecule has 4 nitrogen and oxygen atoms in total. The maximum absolute atomic E-state index is 13.9. The second-order valence-electron chi connectivity index (χ2n) is 7.03. The van der Waals surface area contributed by atoms with Gasteiger partial charge in [0.15, 0.2) is 5.96 Å². The summed E-state index contributed by atoms with van der Waals surface area (Å²) in [5.74, 6) is -0.935. The second kappa shape index (κ2) is 8.00. The van der Waals surface area contributed by atoms with Crippen molar-refractivity contribution in [3.63, 3.8) is 0 Å². The molecule has 1 saturated carbocycles. The summed E-state index contributed by atoms with van der Waals surface area (Å²) in [6.45, 7) is 2.05. The molecule has 3 atom stereocenters. The van der Waals surface area contributed by atoms with Crippen LogP contribution < -0.4 is 10.6 Å². The third kappa shape index (κ3) is 5.31. The molecular formula is C18H23F5N4. The summed E-state index contributed by atoms with van der Waals surface area (Å²) < 4.78 is 65.3. The van der Waals surface area contributed by atoms with Gasteiger partial charge in [0.1, 0.15) is 11.6 Å². The Hall–Kier alpha value is -1.90. The van der Waals surface area contributed by atoms with Gasteiger partial charge in [-0.1, -0.05) is 6.07 Å². The number of aliphatic imine (C=N–C) groups is 1. The third-order valence-electron chi connectivity index (χ3n) is 4.82. The molecule has 3 rings (SSSR count). The highest BCUT2D eigenvalue weighted by atomic mass is 19.4. The lowest BCUT2D eigenvalue weighted by Crippen LogP contribution is -2.46. The Bertz CT molecular complexity index is 671. The molecule has 0 aromatic heterocycles. The van der Waals surface area contributed by atoms with Crippen molar-refractivity contribution < 1.29 is 22.0 Å². The molecule has 2 fully saturated rings. The van der Waals surface area contributed by atoms with Crippen molar-refractivity contribution >= 4 is 5.96 Å². The number of benzene rings is 1.